The van der Waals surface area contributed by atoms with Crippen LogP contribution in [0.1, 0.15) is 46.5 Å². The Hall–Kier alpha value is -0.0800. The molecule has 2 nitrogen and oxygen atoms in total. The van der Waals surface area contributed by atoms with Crippen molar-refractivity contribution in [2.75, 3.05) is 13.7 Å². The lowest BCUT2D eigenvalue weighted by Gasteiger charge is -2.42. The maximum Gasteiger partial charge on any atom is 0.0930 e. The van der Waals surface area contributed by atoms with Gasteiger partial charge in [-0.1, -0.05) is 33.6 Å². The average molecular weight is 214 g/mol. The topological polar surface area (TPSA) is 29.5 Å². The molecule has 0 heterocycles. The summed E-state index contributed by atoms with van der Waals surface area (Å²) in [7, 11) is 1.68. The van der Waals surface area contributed by atoms with Crippen LogP contribution in [0.4, 0.5) is 0 Å². The Morgan fingerprint density at radius 2 is 1.80 bits per heavy atom. The number of rotatable bonds is 4. The van der Waals surface area contributed by atoms with Gasteiger partial charge < -0.3 is 9.84 Å². The van der Waals surface area contributed by atoms with Gasteiger partial charge in [0, 0.05) is 7.11 Å². The van der Waals surface area contributed by atoms with Gasteiger partial charge in [0.2, 0.25) is 0 Å². The number of hydrogen-bond donors (Lipinski definition) is 1. The van der Waals surface area contributed by atoms with Gasteiger partial charge in [0.05, 0.1) is 12.2 Å². The van der Waals surface area contributed by atoms with Crippen LogP contribution < -0.4 is 0 Å². The van der Waals surface area contributed by atoms with E-state index >= 15 is 0 Å². The van der Waals surface area contributed by atoms with Crippen LogP contribution in [-0.2, 0) is 4.74 Å². The first kappa shape index (κ1) is 13.0. The molecule has 1 N–H and O–H groups in total. The first-order valence-corrected chi connectivity index (χ1v) is 6.22. The number of aliphatic hydroxyl groups is 1. The van der Waals surface area contributed by atoms with E-state index in [2.05, 4.69) is 20.8 Å². The molecule has 1 aliphatic carbocycles. The fourth-order valence-electron chi connectivity index (χ4n) is 2.75. The van der Waals surface area contributed by atoms with E-state index in [0.29, 0.717) is 12.5 Å². The zero-order valence-corrected chi connectivity index (χ0v) is 10.6. The van der Waals surface area contributed by atoms with E-state index in [4.69, 9.17) is 4.74 Å². The molecule has 0 amide bonds. The van der Waals surface area contributed by atoms with E-state index in [1.54, 1.807) is 7.11 Å². The largest absolute Gasteiger partial charge is 0.387 e. The molecule has 0 saturated heterocycles. The van der Waals surface area contributed by atoms with Crippen LogP contribution in [0.5, 0.6) is 0 Å². The zero-order chi connectivity index (χ0) is 11.5. The highest BCUT2D eigenvalue weighted by Crippen LogP contribution is 2.39. The van der Waals surface area contributed by atoms with Crippen molar-refractivity contribution in [3.63, 3.8) is 0 Å². The molecule has 0 aromatic heterocycles. The molecule has 2 heteroatoms. The van der Waals surface area contributed by atoms with Crippen LogP contribution in [-0.4, -0.2) is 24.4 Å². The van der Waals surface area contributed by atoms with Gasteiger partial charge in [-0.3, -0.25) is 0 Å². The first-order chi connectivity index (χ1) is 7.00. The standard InChI is InChI=1S/C13H26O2/c1-10(2)13(14,9-15-4)12-7-5-11(3)6-8-12/h10-12,14H,5-9H2,1-4H3. The monoisotopic (exact) mass is 214 g/mol. The van der Waals surface area contributed by atoms with Crippen molar-refractivity contribution in [3.8, 4) is 0 Å². The molecule has 1 rings (SSSR count). The summed E-state index contributed by atoms with van der Waals surface area (Å²) in [5.41, 5.74) is -0.616. The van der Waals surface area contributed by atoms with Crippen LogP contribution in [0.15, 0.2) is 0 Å². The van der Waals surface area contributed by atoms with Crippen LogP contribution >= 0.6 is 0 Å². The molecule has 1 saturated carbocycles. The maximum atomic E-state index is 10.7. The molecule has 0 bridgehead atoms. The molecule has 0 aromatic rings. The highest BCUT2D eigenvalue weighted by Gasteiger charge is 2.40. The van der Waals surface area contributed by atoms with Crippen molar-refractivity contribution >= 4 is 0 Å². The van der Waals surface area contributed by atoms with Crippen molar-refractivity contribution in [1.82, 2.24) is 0 Å². The maximum absolute atomic E-state index is 10.7. The summed E-state index contributed by atoms with van der Waals surface area (Å²) < 4.78 is 5.20. The third-order valence-corrected chi connectivity index (χ3v) is 4.10. The Labute approximate surface area is 94.0 Å². The van der Waals surface area contributed by atoms with Gasteiger partial charge in [0.1, 0.15) is 0 Å². The van der Waals surface area contributed by atoms with Gasteiger partial charge in [-0.2, -0.15) is 0 Å². The van der Waals surface area contributed by atoms with Crippen molar-refractivity contribution in [2.45, 2.75) is 52.1 Å². The molecule has 1 aliphatic rings. The predicted molar refractivity (Wildman–Crippen MR) is 62.8 cm³/mol. The van der Waals surface area contributed by atoms with E-state index in [9.17, 15) is 5.11 Å². The lowest BCUT2D eigenvalue weighted by atomic mass is 9.70. The smallest absolute Gasteiger partial charge is 0.0930 e. The minimum absolute atomic E-state index is 0.274. The molecule has 15 heavy (non-hydrogen) atoms. The molecule has 0 aliphatic heterocycles. The minimum Gasteiger partial charge on any atom is -0.387 e. The SMILES string of the molecule is COCC(O)(C(C)C)C1CCC(C)CC1. The van der Waals surface area contributed by atoms with Crippen molar-refractivity contribution < 1.29 is 9.84 Å². The molecule has 0 spiro atoms. The van der Waals surface area contributed by atoms with E-state index in [1.165, 1.54) is 12.8 Å². The highest BCUT2D eigenvalue weighted by molar-refractivity contribution is 4.91. The summed E-state index contributed by atoms with van der Waals surface area (Å²) in [5.74, 6) is 1.53. The normalized spacial score (nSPS) is 31.6. The van der Waals surface area contributed by atoms with Crippen molar-refractivity contribution in [2.24, 2.45) is 17.8 Å². The van der Waals surface area contributed by atoms with E-state index in [1.807, 2.05) is 0 Å². The Balaban J connectivity index is 2.63. The predicted octanol–water partition coefficient (Wildman–Crippen LogP) is 2.85. The number of ether oxygens (including phenoxy) is 1. The van der Waals surface area contributed by atoms with Crippen LogP contribution in [0.25, 0.3) is 0 Å². The second-order valence-electron chi connectivity index (χ2n) is 5.54. The summed E-state index contributed by atoms with van der Waals surface area (Å²) in [4.78, 5) is 0. The fourth-order valence-corrected chi connectivity index (χ4v) is 2.75. The average Bonchev–Trinajstić information content (AvgIpc) is 2.18. The molecule has 1 unspecified atom stereocenters. The van der Waals surface area contributed by atoms with Gasteiger partial charge >= 0.3 is 0 Å². The highest BCUT2D eigenvalue weighted by atomic mass is 16.5. The van der Waals surface area contributed by atoms with Gasteiger partial charge in [-0.25, -0.2) is 0 Å². The lowest BCUT2D eigenvalue weighted by molar-refractivity contribution is -0.116. The van der Waals surface area contributed by atoms with Crippen LogP contribution in [0.3, 0.4) is 0 Å². The summed E-state index contributed by atoms with van der Waals surface area (Å²) in [6, 6.07) is 0. The van der Waals surface area contributed by atoms with Gasteiger partial charge in [-0.05, 0) is 30.6 Å². The Bertz CT molecular complexity index is 183. The fraction of sp³-hybridized carbons (Fsp3) is 1.00. The minimum atomic E-state index is -0.616. The Morgan fingerprint density at radius 1 is 1.27 bits per heavy atom. The van der Waals surface area contributed by atoms with Crippen LogP contribution in [0.2, 0.25) is 0 Å². The van der Waals surface area contributed by atoms with Crippen LogP contribution in [0, 0.1) is 17.8 Å². The third-order valence-electron chi connectivity index (χ3n) is 4.10. The van der Waals surface area contributed by atoms with E-state index in [-0.39, 0.29) is 5.92 Å². The first-order valence-electron chi connectivity index (χ1n) is 6.22. The van der Waals surface area contributed by atoms with E-state index in [0.717, 1.165) is 18.8 Å². The second-order valence-corrected chi connectivity index (χ2v) is 5.54. The summed E-state index contributed by atoms with van der Waals surface area (Å²) >= 11 is 0. The van der Waals surface area contributed by atoms with Gasteiger partial charge in [-0.15, -0.1) is 0 Å². The summed E-state index contributed by atoms with van der Waals surface area (Å²) in [5, 5.41) is 10.7. The quantitative estimate of drug-likeness (QED) is 0.779. The van der Waals surface area contributed by atoms with E-state index < -0.39 is 5.60 Å². The van der Waals surface area contributed by atoms with Crippen molar-refractivity contribution in [1.29, 1.82) is 0 Å². The molecule has 1 fully saturated rings. The second kappa shape index (κ2) is 5.31. The Morgan fingerprint density at radius 3 is 2.20 bits per heavy atom. The zero-order valence-electron chi connectivity index (χ0n) is 10.6. The molecular weight excluding hydrogens is 188 g/mol. The summed E-state index contributed by atoms with van der Waals surface area (Å²) in [6.07, 6.45) is 4.81. The van der Waals surface area contributed by atoms with Crippen molar-refractivity contribution in [3.05, 3.63) is 0 Å². The molecule has 90 valence electrons. The lowest BCUT2D eigenvalue weighted by Crippen LogP contribution is -2.48. The Kier molecular flexibility index (Phi) is 4.60. The van der Waals surface area contributed by atoms with Gasteiger partial charge in [0.25, 0.3) is 0 Å². The molecule has 0 aromatic carbocycles. The number of methoxy groups -OCH3 is 1. The molecule has 0 radical (unpaired) electrons. The summed E-state index contributed by atoms with van der Waals surface area (Å²) in [6.45, 7) is 6.97. The molecule has 1 atom stereocenters. The van der Waals surface area contributed by atoms with Gasteiger partial charge in [0.15, 0.2) is 0 Å². The third kappa shape index (κ3) is 2.94. The number of hydrogen-bond acceptors (Lipinski definition) is 2. The molecular formula is C13H26O2.